The van der Waals surface area contributed by atoms with E-state index in [0.29, 0.717) is 6.04 Å². The molecule has 1 N–H and O–H groups in total. The van der Waals surface area contributed by atoms with Crippen molar-refractivity contribution in [1.29, 1.82) is 0 Å². The minimum atomic E-state index is 0.115. The lowest BCUT2D eigenvalue weighted by atomic mass is 10.1. The molecule has 0 aliphatic heterocycles. The van der Waals surface area contributed by atoms with Gasteiger partial charge in [0.2, 0.25) is 0 Å². The molecule has 16 heavy (non-hydrogen) atoms. The van der Waals surface area contributed by atoms with Crippen LogP contribution in [-0.2, 0) is 4.74 Å². The van der Waals surface area contributed by atoms with Gasteiger partial charge in [-0.25, -0.2) is 0 Å². The number of halogens is 1. The van der Waals surface area contributed by atoms with Gasteiger partial charge in [0.25, 0.3) is 0 Å². The van der Waals surface area contributed by atoms with Crippen LogP contribution in [0.1, 0.15) is 31.4 Å². The van der Waals surface area contributed by atoms with E-state index in [1.54, 1.807) is 0 Å². The Hall–Kier alpha value is -0.570. The molecule has 1 aliphatic carbocycles. The molecule has 0 aromatic heterocycles. The lowest BCUT2D eigenvalue weighted by Crippen LogP contribution is -2.25. The topological polar surface area (TPSA) is 21.3 Å². The first-order chi connectivity index (χ1) is 7.79. The molecule has 0 amide bonds. The Morgan fingerprint density at radius 2 is 2.31 bits per heavy atom. The highest BCUT2D eigenvalue weighted by Crippen LogP contribution is 2.23. The first kappa shape index (κ1) is 11.9. The Kier molecular flexibility index (Phi) is 4.22. The van der Waals surface area contributed by atoms with E-state index in [-0.39, 0.29) is 6.10 Å². The van der Waals surface area contributed by atoms with Crippen LogP contribution in [0.15, 0.2) is 24.3 Å². The first-order valence-corrected chi connectivity index (χ1v) is 6.28. The monoisotopic (exact) mass is 239 g/mol. The van der Waals surface area contributed by atoms with E-state index in [1.165, 1.54) is 12.8 Å². The number of rotatable bonds is 6. The second kappa shape index (κ2) is 5.67. The largest absolute Gasteiger partial charge is 0.372 e. The smallest absolute Gasteiger partial charge is 0.0949 e. The van der Waals surface area contributed by atoms with Crippen LogP contribution in [0, 0.1) is 0 Å². The molecule has 2 nitrogen and oxygen atoms in total. The van der Waals surface area contributed by atoms with Gasteiger partial charge in [-0.05, 0) is 37.5 Å². The van der Waals surface area contributed by atoms with Crippen LogP contribution in [0.5, 0.6) is 0 Å². The van der Waals surface area contributed by atoms with Gasteiger partial charge in [0, 0.05) is 24.2 Å². The molecule has 1 aliphatic rings. The van der Waals surface area contributed by atoms with E-state index in [4.69, 9.17) is 16.3 Å². The van der Waals surface area contributed by atoms with E-state index < -0.39 is 0 Å². The quantitative estimate of drug-likeness (QED) is 0.824. The maximum atomic E-state index is 5.99. The van der Waals surface area contributed by atoms with Crippen LogP contribution in [0.4, 0.5) is 0 Å². The zero-order valence-electron chi connectivity index (χ0n) is 9.58. The Morgan fingerprint density at radius 1 is 1.50 bits per heavy atom. The molecule has 2 rings (SSSR count). The van der Waals surface area contributed by atoms with Crippen molar-refractivity contribution in [3.63, 3.8) is 0 Å². The van der Waals surface area contributed by atoms with Crippen molar-refractivity contribution in [1.82, 2.24) is 5.32 Å². The molecule has 1 atom stereocenters. The minimum absolute atomic E-state index is 0.115. The van der Waals surface area contributed by atoms with Crippen molar-refractivity contribution >= 4 is 11.6 Å². The minimum Gasteiger partial charge on any atom is -0.372 e. The molecule has 1 aromatic carbocycles. The Morgan fingerprint density at radius 3 is 2.94 bits per heavy atom. The summed E-state index contributed by atoms with van der Waals surface area (Å²) in [7, 11) is 0. The van der Waals surface area contributed by atoms with Crippen molar-refractivity contribution in [2.24, 2.45) is 0 Å². The highest BCUT2D eigenvalue weighted by molar-refractivity contribution is 6.30. The Labute approximate surface area is 102 Å². The number of ether oxygens (including phenoxy) is 1. The maximum absolute atomic E-state index is 5.99. The SMILES string of the molecule is CCOC(CNC1CC1)c1cccc(Cl)c1. The molecule has 0 bridgehead atoms. The molecule has 1 unspecified atom stereocenters. The van der Waals surface area contributed by atoms with Crippen LogP contribution >= 0.6 is 11.6 Å². The highest BCUT2D eigenvalue weighted by atomic mass is 35.5. The number of benzene rings is 1. The lowest BCUT2D eigenvalue weighted by molar-refractivity contribution is 0.0621. The summed E-state index contributed by atoms with van der Waals surface area (Å²) in [6, 6.07) is 8.63. The normalized spacial score (nSPS) is 17.4. The summed E-state index contributed by atoms with van der Waals surface area (Å²) >= 11 is 5.99. The third-order valence-corrected chi connectivity index (χ3v) is 2.99. The fraction of sp³-hybridized carbons (Fsp3) is 0.538. The third kappa shape index (κ3) is 3.48. The molecule has 0 saturated heterocycles. The molecule has 0 heterocycles. The second-order valence-corrected chi connectivity index (χ2v) is 4.62. The van der Waals surface area contributed by atoms with Crippen LogP contribution in [-0.4, -0.2) is 19.2 Å². The molecule has 1 fully saturated rings. The lowest BCUT2D eigenvalue weighted by Gasteiger charge is -2.18. The summed E-state index contributed by atoms with van der Waals surface area (Å²) in [5.74, 6) is 0. The molecular weight excluding hydrogens is 222 g/mol. The van der Waals surface area contributed by atoms with Crippen molar-refractivity contribution in [2.45, 2.75) is 31.9 Å². The van der Waals surface area contributed by atoms with Crippen molar-refractivity contribution in [3.8, 4) is 0 Å². The molecule has 0 spiro atoms. The standard InChI is InChI=1S/C13H18ClNO/c1-2-16-13(9-15-12-6-7-12)10-4-3-5-11(14)8-10/h3-5,8,12-13,15H,2,6-7,9H2,1H3. The van der Waals surface area contributed by atoms with E-state index in [9.17, 15) is 0 Å². The van der Waals surface area contributed by atoms with Crippen LogP contribution in [0.25, 0.3) is 0 Å². The highest BCUT2D eigenvalue weighted by Gasteiger charge is 2.22. The summed E-state index contributed by atoms with van der Waals surface area (Å²) in [6.07, 6.45) is 2.72. The van der Waals surface area contributed by atoms with Gasteiger partial charge in [0.15, 0.2) is 0 Å². The van der Waals surface area contributed by atoms with Gasteiger partial charge >= 0.3 is 0 Å². The predicted molar refractivity (Wildman–Crippen MR) is 66.8 cm³/mol. The predicted octanol–water partition coefficient (Wildman–Crippen LogP) is 3.17. The van der Waals surface area contributed by atoms with E-state index in [2.05, 4.69) is 11.4 Å². The molecule has 0 radical (unpaired) electrons. The molecule has 3 heteroatoms. The van der Waals surface area contributed by atoms with Gasteiger partial charge in [0.05, 0.1) is 6.10 Å². The first-order valence-electron chi connectivity index (χ1n) is 5.90. The fourth-order valence-corrected chi connectivity index (χ4v) is 1.94. The molecule has 88 valence electrons. The summed E-state index contributed by atoms with van der Waals surface area (Å²) < 4.78 is 5.74. The number of hydrogen-bond acceptors (Lipinski definition) is 2. The van der Waals surface area contributed by atoms with Crippen molar-refractivity contribution in [3.05, 3.63) is 34.9 Å². The molecule has 1 aromatic rings. The van der Waals surface area contributed by atoms with Gasteiger partial charge < -0.3 is 10.1 Å². The van der Waals surface area contributed by atoms with Gasteiger partial charge in [-0.15, -0.1) is 0 Å². The van der Waals surface area contributed by atoms with E-state index >= 15 is 0 Å². The van der Waals surface area contributed by atoms with Crippen LogP contribution in [0.2, 0.25) is 5.02 Å². The average Bonchev–Trinajstić information content (AvgIpc) is 3.08. The zero-order chi connectivity index (χ0) is 11.4. The van der Waals surface area contributed by atoms with Gasteiger partial charge in [0.1, 0.15) is 0 Å². The van der Waals surface area contributed by atoms with Gasteiger partial charge in [-0.3, -0.25) is 0 Å². The summed E-state index contributed by atoms with van der Waals surface area (Å²) in [5, 5.41) is 4.26. The van der Waals surface area contributed by atoms with E-state index in [0.717, 1.165) is 23.7 Å². The summed E-state index contributed by atoms with van der Waals surface area (Å²) in [5.41, 5.74) is 1.16. The Bertz CT molecular complexity index is 338. The van der Waals surface area contributed by atoms with Crippen molar-refractivity contribution < 1.29 is 4.74 Å². The van der Waals surface area contributed by atoms with Gasteiger partial charge in [-0.2, -0.15) is 0 Å². The number of nitrogens with one attached hydrogen (secondary N) is 1. The maximum Gasteiger partial charge on any atom is 0.0949 e. The van der Waals surface area contributed by atoms with Crippen LogP contribution in [0.3, 0.4) is 0 Å². The van der Waals surface area contributed by atoms with Crippen molar-refractivity contribution in [2.75, 3.05) is 13.2 Å². The zero-order valence-corrected chi connectivity index (χ0v) is 10.3. The third-order valence-electron chi connectivity index (χ3n) is 2.76. The van der Waals surface area contributed by atoms with E-state index in [1.807, 2.05) is 25.1 Å². The molecular formula is C13H18ClNO. The fourth-order valence-electron chi connectivity index (χ4n) is 1.74. The number of hydrogen-bond donors (Lipinski definition) is 1. The van der Waals surface area contributed by atoms with Crippen LogP contribution < -0.4 is 5.32 Å². The summed E-state index contributed by atoms with van der Waals surface area (Å²) in [4.78, 5) is 0. The van der Waals surface area contributed by atoms with Gasteiger partial charge in [-0.1, -0.05) is 23.7 Å². The molecule has 1 saturated carbocycles. The summed E-state index contributed by atoms with van der Waals surface area (Å²) in [6.45, 7) is 3.62. The average molecular weight is 240 g/mol. The second-order valence-electron chi connectivity index (χ2n) is 4.18. The Balaban J connectivity index is 1.98.